The minimum absolute atomic E-state index is 0.135. The molecule has 2 atom stereocenters. The van der Waals surface area contributed by atoms with Gasteiger partial charge in [0, 0.05) is 13.1 Å². The first-order valence-corrected chi connectivity index (χ1v) is 11.0. The number of anilines is 1. The van der Waals surface area contributed by atoms with Gasteiger partial charge in [0.2, 0.25) is 0 Å². The lowest BCUT2D eigenvalue weighted by molar-refractivity contribution is 0.0624. The summed E-state index contributed by atoms with van der Waals surface area (Å²) in [7, 11) is -3.74. The molecule has 0 radical (unpaired) electrons. The minimum Gasteiger partial charge on any atom is -0.338 e. The number of hydrogen-bond donors (Lipinski definition) is 1. The number of carbonyl (C=O) groups is 1. The van der Waals surface area contributed by atoms with Gasteiger partial charge in [-0.15, -0.1) is 0 Å². The van der Waals surface area contributed by atoms with E-state index in [1.54, 1.807) is 24.3 Å². The highest BCUT2D eigenvalue weighted by atomic mass is 32.2. The number of carbonyl (C=O) groups excluding carboxylic acids is 1. The number of likely N-dealkylation sites (tertiary alicyclic amines) is 1. The zero-order valence-electron chi connectivity index (χ0n) is 16.2. The molecule has 28 heavy (non-hydrogen) atoms. The van der Waals surface area contributed by atoms with Crippen molar-refractivity contribution in [1.29, 1.82) is 0 Å². The van der Waals surface area contributed by atoms with E-state index in [4.69, 9.17) is 0 Å². The van der Waals surface area contributed by atoms with Crippen molar-refractivity contribution < 1.29 is 13.2 Å². The van der Waals surface area contributed by atoms with E-state index in [2.05, 4.69) is 18.6 Å². The van der Waals surface area contributed by atoms with Crippen LogP contribution in [-0.4, -0.2) is 32.3 Å². The van der Waals surface area contributed by atoms with Crippen molar-refractivity contribution in [3.05, 3.63) is 71.1 Å². The SMILES string of the molecule is CC1CC(C)CN(C(=O)c2ccccc2NS(=O)(=O)/C=C/c2ccccc2)C1. The minimum atomic E-state index is -3.74. The van der Waals surface area contributed by atoms with E-state index in [0.29, 0.717) is 36.2 Å². The van der Waals surface area contributed by atoms with Gasteiger partial charge in [-0.3, -0.25) is 9.52 Å². The molecule has 3 rings (SSSR count). The van der Waals surface area contributed by atoms with Crippen molar-refractivity contribution in [3.8, 4) is 0 Å². The number of amides is 1. The quantitative estimate of drug-likeness (QED) is 0.820. The van der Waals surface area contributed by atoms with Crippen LogP contribution in [0.1, 0.15) is 36.2 Å². The van der Waals surface area contributed by atoms with E-state index in [1.165, 1.54) is 6.08 Å². The molecule has 0 spiro atoms. The van der Waals surface area contributed by atoms with Crippen LogP contribution >= 0.6 is 0 Å². The molecular weight excluding hydrogens is 372 g/mol. The number of nitrogens with zero attached hydrogens (tertiary/aromatic N) is 1. The number of hydrogen-bond acceptors (Lipinski definition) is 3. The summed E-state index contributed by atoms with van der Waals surface area (Å²) in [6, 6.07) is 16.0. The van der Waals surface area contributed by atoms with Crippen LogP contribution in [0.15, 0.2) is 60.0 Å². The molecule has 1 heterocycles. The summed E-state index contributed by atoms with van der Waals surface area (Å²) in [4.78, 5) is 14.9. The molecule has 0 bridgehead atoms. The number of nitrogens with one attached hydrogen (secondary N) is 1. The predicted molar refractivity (Wildman–Crippen MR) is 113 cm³/mol. The third kappa shape index (κ3) is 5.23. The summed E-state index contributed by atoms with van der Waals surface area (Å²) in [6.45, 7) is 5.66. The largest absolute Gasteiger partial charge is 0.338 e. The Bertz CT molecular complexity index is 945. The second-order valence-electron chi connectivity index (χ2n) is 7.56. The molecule has 0 aliphatic carbocycles. The zero-order valence-corrected chi connectivity index (χ0v) is 17.0. The smallest absolute Gasteiger partial charge is 0.256 e. The predicted octanol–water partition coefficient (Wildman–Crippen LogP) is 4.22. The fourth-order valence-corrected chi connectivity index (χ4v) is 4.57. The summed E-state index contributed by atoms with van der Waals surface area (Å²) >= 11 is 0. The number of para-hydroxylation sites is 1. The molecule has 1 aliphatic rings. The molecule has 1 amide bonds. The normalized spacial score (nSPS) is 20.3. The Hall–Kier alpha value is -2.60. The molecule has 1 saturated heterocycles. The van der Waals surface area contributed by atoms with Gasteiger partial charge < -0.3 is 4.90 Å². The van der Waals surface area contributed by atoms with Gasteiger partial charge >= 0.3 is 0 Å². The second-order valence-corrected chi connectivity index (χ2v) is 9.13. The van der Waals surface area contributed by atoms with Gasteiger partial charge in [-0.25, -0.2) is 8.42 Å². The van der Waals surface area contributed by atoms with Crippen molar-refractivity contribution in [2.75, 3.05) is 17.8 Å². The van der Waals surface area contributed by atoms with Crippen LogP contribution in [-0.2, 0) is 10.0 Å². The molecule has 2 aromatic rings. The Morgan fingerprint density at radius 3 is 2.29 bits per heavy atom. The average Bonchev–Trinajstić information content (AvgIpc) is 2.66. The molecule has 2 unspecified atom stereocenters. The number of rotatable bonds is 5. The van der Waals surface area contributed by atoms with Crippen LogP contribution in [0.3, 0.4) is 0 Å². The summed E-state index contributed by atoms with van der Waals surface area (Å²) in [5.74, 6) is 0.736. The molecule has 5 nitrogen and oxygen atoms in total. The van der Waals surface area contributed by atoms with E-state index in [-0.39, 0.29) is 5.91 Å². The number of sulfonamides is 1. The van der Waals surface area contributed by atoms with Gasteiger partial charge in [0.1, 0.15) is 0 Å². The molecule has 148 valence electrons. The van der Waals surface area contributed by atoms with E-state index in [0.717, 1.165) is 17.4 Å². The van der Waals surface area contributed by atoms with Crippen molar-refractivity contribution in [2.45, 2.75) is 20.3 Å². The highest BCUT2D eigenvalue weighted by Gasteiger charge is 2.27. The molecule has 2 aromatic carbocycles. The van der Waals surface area contributed by atoms with Gasteiger partial charge in [0.25, 0.3) is 15.9 Å². The molecular formula is C22H26N2O3S. The van der Waals surface area contributed by atoms with Gasteiger partial charge in [0.15, 0.2) is 0 Å². The zero-order chi connectivity index (χ0) is 20.1. The lowest BCUT2D eigenvalue weighted by Crippen LogP contribution is -2.42. The van der Waals surface area contributed by atoms with Crippen LogP contribution in [0.2, 0.25) is 0 Å². The van der Waals surface area contributed by atoms with Crippen LogP contribution < -0.4 is 4.72 Å². The van der Waals surface area contributed by atoms with Gasteiger partial charge in [0.05, 0.1) is 16.7 Å². The van der Waals surface area contributed by atoms with Crippen LogP contribution in [0.5, 0.6) is 0 Å². The first kappa shape index (κ1) is 20.1. The lowest BCUT2D eigenvalue weighted by Gasteiger charge is -2.35. The van der Waals surface area contributed by atoms with Crippen molar-refractivity contribution in [3.63, 3.8) is 0 Å². The van der Waals surface area contributed by atoms with Crippen LogP contribution in [0, 0.1) is 11.8 Å². The maximum absolute atomic E-state index is 13.0. The summed E-state index contributed by atoms with van der Waals surface area (Å²) < 4.78 is 27.5. The molecule has 1 fully saturated rings. The average molecular weight is 399 g/mol. The van der Waals surface area contributed by atoms with E-state index in [1.807, 2.05) is 35.2 Å². The number of benzene rings is 2. The monoisotopic (exact) mass is 398 g/mol. The molecule has 1 N–H and O–H groups in total. The van der Waals surface area contributed by atoms with Gasteiger partial charge in [-0.05, 0) is 42.0 Å². The van der Waals surface area contributed by atoms with E-state index in [9.17, 15) is 13.2 Å². The molecule has 0 aromatic heterocycles. The second kappa shape index (κ2) is 8.61. The third-order valence-electron chi connectivity index (χ3n) is 4.80. The third-order valence-corrected chi connectivity index (χ3v) is 5.80. The summed E-state index contributed by atoms with van der Waals surface area (Å²) in [6.07, 6.45) is 2.63. The van der Waals surface area contributed by atoms with Crippen molar-refractivity contribution in [1.82, 2.24) is 4.90 Å². The summed E-state index contributed by atoms with van der Waals surface area (Å²) in [5, 5.41) is 1.12. The van der Waals surface area contributed by atoms with E-state index >= 15 is 0 Å². The Morgan fingerprint density at radius 2 is 1.61 bits per heavy atom. The van der Waals surface area contributed by atoms with E-state index < -0.39 is 10.0 Å². The first-order chi connectivity index (χ1) is 13.3. The Morgan fingerprint density at radius 1 is 1.00 bits per heavy atom. The highest BCUT2D eigenvalue weighted by molar-refractivity contribution is 7.95. The van der Waals surface area contributed by atoms with Gasteiger partial charge in [-0.1, -0.05) is 56.3 Å². The maximum atomic E-state index is 13.0. The van der Waals surface area contributed by atoms with Crippen molar-refractivity contribution in [2.24, 2.45) is 11.8 Å². The Balaban J connectivity index is 1.80. The Kier molecular flexibility index (Phi) is 6.19. The summed E-state index contributed by atoms with van der Waals surface area (Å²) in [5.41, 5.74) is 1.46. The Labute approximate surface area is 167 Å². The fraction of sp³-hybridized carbons (Fsp3) is 0.318. The fourth-order valence-electron chi connectivity index (χ4n) is 3.68. The lowest BCUT2D eigenvalue weighted by atomic mass is 9.91. The van der Waals surface area contributed by atoms with Crippen molar-refractivity contribution >= 4 is 27.7 Å². The first-order valence-electron chi connectivity index (χ1n) is 9.48. The standard InChI is InChI=1S/C22H26N2O3S/c1-17-14-18(2)16-24(15-17)22(25)20-10-6-7-11-21(20)23-28(26,27)13-12-19-8-4-3-5-9-19/h3-13,17-18,23H,14-16H2,1-2H3/b13-12+. The highest BCUT2D eigenvalue weighted by Crippen LogP contribution is 2.25. The maximum Gasteiger partial charge on any atom is 0.256 e. The van der Waals surface area contributed by atoms with Crippen LogP contribution in [0.4, 0.5) is 5.69 Å². The molecule has 6 heteroatoms. The van der Waals surface area contributed by atoms with Gasteiger partial charge in [-0.2, -0.15) is 0 Å². The topological polar surface area (TPSA) is 66.5 Å². The molecule has 1 aliphatic heterocycles. The number of piperidine rings is 1. The van der Waals surface area contributed by atoms with Crippen LogP contribution in [0.25, 0.3) is 6.08 Å². The molecule has 0 saturated carbocycles.